The second-order valence-electron chi connectivity index (χ2n) is 5.03. The summed E-state index contributed by atoms with van der Waals surface area (Å²) in [7, 11) is 0. The zero-order chi connectivity index (χ0) is 15.2. The highest BCUT2D eigenvalue weighted by molar-refractivity contribution is 5.84. The molecule has 2 unspecified atom stereocenters. The average molecular weight is 297 g/mol. The Labute approximate surface area is 121 Å². The summed E-state index contributed by atoms with van der Waals surface area (Å²) in [4.78, 5) is 22.3. The molecule has 2 atom stereocenters. The van der Waals surface area contributed by atoms with Gasteiger partial charge in [0, 0.05) is 6.54 Å². The fourth-order valence-electron chi connectivity index (χ4n) is 2.29. The molecule has 1 aromatic heterocycles. The second-order valence-corrected chi connectivity index (χ2v) is 5.03. The normalized spacial score (nSPS) is 21.8. The smallest absolute Gasteiger partial charge is 0.358 e. The van der Waals surface area contributed by atoms with Crippen LogP contribution in [0.5, 0.6) is 0 Å². The highest BCUT2D eigenvalue weighted by Gasteiger charge is 2.24. The molecular formula is C12H19N5O4. The van der Waals surface area contributed by atoms with E-state index in [9.17, 15) is 14.7 Å². The van der Waals surface area contributed by atoms with Crippen LogP contribution in [0, 0.1) is 0 Å². The van der Waals surface area contributed by atoms with Crippen molar-refractivity contribution in [3.05, 3.63) is 11.9 Å². The molecule has 0 spiro atoms. The zero-order valence-corrected chi connectivity index (χ0v) is 11.5. The lowest BCUT2D eigenvalue weighted by atomic mass is 9.93. The SMILES string of the molecule is O=C(NCCn1cc(C(=O)O)nn1)NC1CCCCC1O. The summed E-state index contributed by atoms with van der Waals surface area (Å²) in [5.74, 6) is -1.14. The first kappa shape index (κ1) is 15.2. The number of aliphatic hydroxyl groups is 1. The molecule has 1 saturated carbocycles. The van der Waals surface area contributed by atoms with Crippen molar-refractivity contribution in [2.45, 2.75) is 44.4 Å². The summed E-state index contributed by atoms with van der Waals surface area (Å²) in [6.07, 6.45) is 4.28. The molecule has 1 heterocycles. The Morgan fingerprint density at radius 3 is 2.81 bits per heavy atom. The summed E-state index contributed by atoms with van der Waals surface area (Å²) in [6.45, 7) is 0.609. The number of nitrogens with one attached hydrogen (secondary N) is 2. The van der Waals surface area contributed by atoms with Gasteiger partial charge in [-0.15, -0.1) is 5.10 Å². The molecule has 0 aromatic carbocycles. The Bertz CT molecular complexity index is 504. The first-order valence-electron chi connectivity index (χ1n) is 6.92. The van der Waals surface area contributed by atoms with E-state index in [0.29, 0.717) is 13.0 Å². The predicted octanol–water partition coefficient (Wildman–Crippen LogP) is -0.421. The van der Waals surface area contributed by atoms with E-state index >= 15 is 0 Å². The summed E-state index contributed by atoms with van der Waals surface area (Å²) in [5.41, 5.74) is -0.134. The van der Waals surface area contributed by atoms with E-state index in [4.69, 9.17) is 5.11 Å². The standard InChI is InChI=1S/C12H19N5O4/c18-10-4-2-1-3-8(10)14-12(21)13-5-6-17-7-9(11(19)20)15-16-17/h7-8,10,18H,1-6H2,(H,19,20)(H2,13,14,21). The van der Waals surface area contributed by atoms with Gasteiger partial charge in [-0.25, -0.2) is 14.3 Å². The molecule has 2 rings (SSSR count). The molecule has 21 heavy (non-hydrogen) atoms. The van der Waals surface area contributed by atoms with Crippen LogP contribution in [0.3, 0.4) is 0 Å². The van der Waals surface area contributed by atoms with Gasteiger partial charge in [-0.1, -0.05) is 18.1 Å². The number of hydrogen-bond donors (Lipinski definition) is 4. The first-order valence-corrected chi connectivity index (χ1v) is 6.92. The molecule has 1 aliphatic carbocycles. The van der Waals surface area contributed by atoms with Crippen LogP contribution < -0.4 is 10.6 Å². The van der Waals surface area contributed by atoms with Crippen LogP contribution in [0.25, 0.3) is 0 Å². The van der Waals surface area contributed by atoms with Crippen LogP contribution in [-0.4, -0.2) is 55.9 Å². The van der Waals surface area contributed by atoms with Gasteiger partial charge in [-0.3, -0.25) is 0 Å². The van der Waals surface area contributed by atoms with Gasteiger partial charge in [0.05, 0.1) is 24.9 Å². The van der Waals surface area contributed by atoms with Gasteiger partial charge in [-0.05, 0) is 12.8 Å². The van der Waals surface area contributed by atoms with Crippen LogP contribution in [0.4, 0.5) is 4.79 Å². The Hall–Kier alpha value is -2.16. The van der Waals surface area contributed by atoms with E-state index in [1.54, 1.807) is 0 Å². The lowest BCUT2D eigenvalue weighted by molar-refractivity contribution is 0.0690. The molecule has 116 valence electrons. The Balaban J connectivity index is 1.70. The number of carboxylic acid groups (broad SMARTS) is 1. The molecule has 9 nitrogen and oxygen atoms in total. The number of carboxylic acids is 1. The Morgan fingerprint density at radius 1 is 1.38 bits per heavy atom. The molecule has 0 aliphatic heterocycles. The van der Waals surface area contributed by atoms with Gasteiger partial charge in [0.1, 0.15) is 0 Å². The number of carbonyl (C=O) groups excluding carboxylic acids is 1. The van der Waals surface area contributed by atoms with Gasteiger partial charge < -0.3 is 20.8 Å². The second kappa shape index (κ2) is 7.02. The van der Waals surface area contributed by atoms with Gasteiger partial charge >= 0.3 is 12.0 Å². The maximum Gasteiger partial charge on any atom is 0.358 e. The molecule has 0 radical (unpaired) electrons. The van der Waals surface area contributed by atoms with Gasteiger partial charge in [0.2, 0.25) is 0 Å². The van der Waals surface area contributed by atoms with E-state index in [1.807, 2.05) is 0 Å². The third kappa shape index (κ3) is 4.42. The van der Waals surface area contributed by atoms with Crippen molar-refractivity contribution in [1.29, 1.82) is 0 Å². The first-order chi connectivity index (χ1) is 10.1. The van der Waals surface area contributed by atoms with E-state index < -0.39 is 12.1 Å². The number of nitrogens with zero attached hydrogens (tertiary/aromatic N) is 3. The molecule has 0 saturated heterocycles. The monoisotopic (exact) mass is 297 g/mol. The minimum atomic E-state index is -1.14. The van der Waals surface area contributed by atoms with Crippen LogP contribution in [-0.2, 0) is 6.54 Å². The van der Waals surface area contributed by atoms with Gasteiger partial charge in [0.25, 0.3) is 0 Å². The number of aromatic carboxylic acids is 1. The predicted molar refractivity (Wildman–Crippen MR) is 71.8 cm³/mol. The summed E-state index contributed by atoms with van der Waals surface area (Å²) < 4.78 is 1.35. The lowest BCUT2D eigenvalue weighted by Crippen LogP contribution is -2.49. The number of amides is 2. The van der Waals surface area contributed by atoms with Gasteiger partial charge in [0.15, 0.2) is 5.69 Å². The zero-order valence-electron chi connectivity index (χ0n) is 11.5. The number of aromatic nitrogens is 3. The third-order valence-corrected chi connectivity index (χ3v) is 3.43. The number of urea groups is 1. The molecule has 9 heteroatoms. The van der Waals surface area contributed by atoms with Crippen molar-refractivity contribution in [3.63, 3.8) is 0 Å². The number of hydrogen-bond acceptors (Lipinski definition) is 5. The van der Waals surface area contributed by atoms with Crippen molar-refractivity contribution in [2.24, 2.45) is 0 Å². The largest absolute Gasteiger partial charge is 0.476 e. The maximum absolute atomic E-state index is 11.7. The van der Waals surface area contributed by atoms with Crippen molar-refractivity contribution < 1.29 is 19.8 Å². The Kier molecular flexibility index (Phi) is 5.09. The van der Waals surface area contributed by atoms with Crippen LogP contribution in [0.2, 0.25) is 0 Å². The van der Waals surface area contributed by atoms with Crippen LogP contribution in [0.1, 0.15) is 36.2 Å². The van der Waals surface area contributed by atoms with Crippen molar-refractivity contribution >= 4 is 12.0 Å². The molecule has 0 bridgehead atoms. The number of rotatable bonds is 5. The highest BCUT2D eigenvalue weighted by Crippen LogP contribution is 2.18. The van der Waals surface area contributed by atoms with Gasteiger partial charge in [-0.2, -0.15) is 0 Å². The molecule has 2 amide bonds. The third-order valence-electron chi connectivity index (χ3n) is 3.43. The van der Waals surface area contributed by atoms with Crippen molar-refractivity contribution in [1.82, 2.24) is 25.6 Å². The molecule has 1 fully saturated rings. The number of aliphatic hydroxyl groups excluding tert-OH is 1. The fourth-order valence-corrected chi connectivity index (χ4v) is 2.29. The summed E-state index contributed by atoms with van der Waals surface area (Å²) in [6, 6.07) is -0.553. The number of carbonyl (C=O) groups is 2. The fraction of sp³-hybridized carbons (Fsp3) is 0.667. The summed E-state index contributed by atoms with van der Waals surface area (Å²) >= 11 is 0. The minimum Gasteiger partial charge on any atom is -0.476 e. The topological polar surface area (TPSA) is 129 Å². The van der Waals surface area contributed by atoms with E-state index in [1.165, 1.54) is 10.9 Å². The van der Waals surface area contributed by atoms with Crippen molar-refractivity contribution in [2.75, 3.05) is 6.54 Å². The van der Waals surface area contributed by atoms with E-state index in [2.05, 4.69) is 20.9 Å². The van der Waals surface area contributed by atoms with Crippen LogP contribution in [0.15, 0.2) is 6.20 Å². The molecule has 1 aliphatic rings. The minimum absolute atomic E-state index is 0.134. The molecule has 1 aromatic rings. The average Bonchev–Trinajstić information content (AvgIpc) is 2.90. The lowest BCUT2D eigenvalue weighted by Gasteiger charge is -2.28. The summed E-state index contributed by atoms with van der Waals surface area (Å²) in [5, 5.41) is 30.9. The van der Waals surface area contributed by atoms with Crippen molar-refractivity contribution in [3.8, 4) is 0 Å². The van der Waals surface area contributed by atoms with Crippen LogP contribution >= 0.6 is 0 Å². The molecular weight excluding hydrogens is 278 g/mol. The molecule has 4 N–H and O–H groups in total. The highest BCUT2D eigenvalue weighted by atomic mass is 16.4. The quantitative estimate of drug-likeness (QED) is 0.584. The van der Waals surface area contributed by atoms with E-state index in [0.717, 1.165) is 19.3 Å². The maximum atomic E-state index is 11.7. The Morgan fingerprint density at radius 2 is 2.14 bits per heavy atom. The van der Waals surface area contributed by atoms with E-state index in [-0.39, 0.29) is 24.3 Å².